The van der Waals surface area contributed by atoms with Gasteiger partial charge in [0, 0.05) is 17.1 Å². The lowest BCUT2D eigenvalue weighted by atomic mass is 10.2. The predicted octanol–water partition coefficient (Wildman–Crippen LogP) is 4.46. The van der Waals surface area contributed by atoms with Crippen LogP contribution < -0.4 is 0 Å². The molecule has 0 amide bonds. The van der Waals surface area contributed by atoms with Crippen LogP contribution in [0.2, 0.25) is 5.02 Å². The summed E-state index contributed by atoms with van der Waals surface area (Å²) in [6.07, 6.45) is 1.78. The summed E-state index contributed by atoms with van der Waals surface area (Å²) in [5, 5.41) is 1.74. The second-order valence-corrected chi connectivity index (χ2v) is 4.35. The van der Waals surface area contributed by atoms with Crippen molar-refractivity contribution in [3.8, 4) is 11.3 Å². The van der Waals surface area contributed by atoms with Gasteiger partial charge in [-0.3, -0.25) is 4.98 Å². The van der Waals surface area contributed by atoms with E-state index in [4.69, 9.17) is 16.0 Å². The maximum absolute atomic E-state index is 6.06. The van der Waals surface area contributed by atoms with Crippen LogP contribution in [-0.2, 0) is 0 Å². The molecule has 0 aliphatic heterocycles. The number of hydrogen-bond acceptors (Lipinski definition) is 2. The van der Waals surface area contributed by atoms with Crippen LogP contribution >= 0.6 is 11.6 Å². The summed E-state index contributed by atoms with van der Waals surface area (Å²) in [5.41, 5.74) is 2.60. The normalized spacial score (nSPS) is 10.9. The van der Waals surface area contributed by atoms with E-state index >= 15 is 0 Å². The first-order chi connectivity index (χ1) is 8.24. The first kappa shape index (κ1) is 10.4. The van der Waals surface area contributed by atoms with Gasteiger partial charge in [0.1, 0.15) is 11.3 Å². The molecule has 3 heteroatoms. The largest absolute Gasteiger partial charge is 0.456 e. The summed E-state index contributed by atoms with van der Waals surface area (Å²) in [4.78, 5) is 4.23. The molecule has 0 aliphatic rings. The molecule has 3 aromatic rings. The summed E-state index contributed by atoms with van der Waals surface area (Å²) < 4.78 is 5.75. The Kier molecular flexibility index (Phi) is 2.37. The number of benzene rings is 1. The Morgan fingerprint density at radius 2 is 2.00 bits per heavy atom. The van der Waals surface area contributed by atoms with Gasteiger partial charge in [0.25, 0.3) is 0 Å². The van der Waals surface area contributed by atoms with E-state index in [0.717, 1.165) is 28.0 Å². The van der Waals surface area contributed by atoms with Crippen molar-refractivity contribution < 1.29 is 4.42 Å². The molecule has 2 nitrogen and oxygen atoms in total. The summed E-state index contributed by atoms with van der Waals surface area (Å²) >= 11 is 6.06. The predicted molar refractivity (Wildman–Crippen MR) is 69.2 cm³/mol. The summed E-state index contributed by atoms with van der Waals surface area (Å²) in [6.45, 7) is 1.88. The van der Waals surface area contributed by atoms with E-state index in [1.165, 1.54) is 0 Å². The molecule has 1 aromatic carbocycles. The van der Waals surface area contributed by atoms with Gasteiger partial charge >= 0.3 is 0 Å². The van der Waals surface area contributed by atoms with Crippen molar-refractivity contribution >= 4 is 22.6 Å². The number of halogens is 1. The van der Waals surface area contributed by atoms with Gasteiger partial charge in [-0.2, -0.15) is 0 Å². The molecule has 84 valence electrons. The van der Waals surface area contributed by atoms with Gasteiger partial charge in [0.15, 0.2) is 0 Å². The third-order valence-electron chi connectivity index (χ3n) is 2.74. The lowest BCUT2D eigenvalue weighted by Crippen LogP contribution is -1.83. The van der Waals surface area contributed by atoms with Crippen LogP contribution in [0.15, 0.2) is 47.0 Å². The second kappa shape index (κ2) is 3.90. The SMILES string of the molecule is Cc1ncc(-c2cc3ccccc3o2)cc1Cl. The number of furan rings is 1. The minimum atomic E-state index is 0.656. The van der Waals surface area contributed by atoms with E-state index in [9.17, 15) is 0 Å². The molecule has 0 radical (unpaired) electrons. The number of nitrogens with zero attached hydrogens (tertiary/aromatic N) is 1. The van der Waals surface area contributed by atoms with E-state index in [-0.39, 0.29) is 0 Å². The Bertz CT molecular complexity index is 655. The van der Waals surface area contributed by atoms with Gasteiger partial charge in [-0.25, -0.2) is 0 Å². The molecule has 0 spiro atoms. The molecule has 2 aromatic heterocycles. The number of rotatable bonds is 1. The van der Waals surface area contributed by atoms with Gasteiger partial charge < -0.3 is 4.42 Å². The minimum Gasteiger partial charge on any atom is -0.456 e. The van der Waals surface area contributed by atoms with Crippen molar-refractivity contribution in [2.75, 3.05) is 0 Å². The Balaban J connectivity index is 2.17. The summed E-state index contributed by atoms with van der Waals surface area (Å²) in [5.74, 6) is 0.792. The van der Waals surface area contributed by atoms with Crippen LogP contribution in [-0.4, -0.2) is 4.98 Å². The molecule has 0 atom stereocenters. The Hall–Kier alpha value is -1.80. The van der Waals surface area contributed by atoms with Crippen molar-refractivity contribution in [1.29, 1.82) is 0 Å². The smallest absolute Gasteiger partial charge is 0.137 e. The van der Waals surface area contributed by atoms with Crippen molar-refractivity contribution in [3.05, 3.63) is 53.3 Å². The number of aryl methyl sites for hydroxylation is 1. The van der Waals surface area contributed by atoms with Gasteiger partial charge in [0.2, 0.25) is 0 Å². The summed E-state index contributed by atoms with van der Waals surface area (Å²) in [6, 6.07) is 11.8. The highest BCUT2D eigenvalue weighted by atomic mass is 35.5. The van der Waals surface area contributed by atoms with E-state index in [1.807, 2.05) is 43.3 Å². The lowest BCUT2D eigenvalue weighted by molar-refractivity contribution is 0.631. The first-order valence-corrected chi connectivity index (χ1v) is 5.73. The van der Waals surface area contributed by atoms with E-state index < -0.39 is 0 Å². The van der Waals surface area contributed by atoms with Crippen LogP contribution in [0.5, 0.6) is 0 Å². The molecule has 3 rings (SSSR count). The minimum absolute atomic E-state index is 0.656. The average molecular weight is 244 g/mol. The topological polar surface area (TPSA) is 26.0 Å². The van der Waals surface area contributed by atoms with Crippen LogP contribution in [0.25, 0.3) is 22.3 Å². The standard InChI is InChI=1S/C14H10ClNO/c1-9-12(15)6-11(8-16-9)14-7-10-4-2-3-5-13(10)17-14/h2-8H,1H3. The fourth-order valence-electron chi connectivity index (χ4n) is 1.77. The highest BCUT2D eigenvalue weighted by Gasteiger charge is 2.07. The Morgan fingerprint density at radius 3 is 2.76 bits per heavy atom. The van der Waals surface area contributed by atoms with Crippen LogP contribution in [0.1, 0.15) is 5.69 Å². The van der Waals surface area contributed by atoms with Gasteiger partial charge in [-0.15, -0.1) is 0 Å². The van der Waals surface area contributed by atoms with Crippen molar-refractivity contribution in [2.24, 2.45) is 0 Å². The molecular formula is C14H10ClNO. The zero-order valence-corrected chi connectivity index (χ0v) is 10.0. The monoisotopic (exact) mass is 243 g/mol. The van der Waals surface area contributed by atoms with E-state index in [2.05, 4.69) is 4.98 Å². The van der Waals surface area contributed by atoms with E-state index in [0.29, 0.717) is 5.02 Å². The summed E-state index contributed by atoms with van der Waals surface area (Å²) in [7, 11) is 0. The number of para-hydroxylation sites is 1. The number of fused-ring (bicyclic) bond motifs is 1. The molecule has 0 saturated carbocycles. The zero-order valence-electron chi connectivity index (χ0n) is 9.27. The highest BCUT2D eigenvalue weighted by molar-refractivity contribution is 6.31. The molecule has 0 bridgehead atoms. The average Bonchev–Trinajstić information content (AvgIpc) is 2.76. The molecule has 2 heterocycles. The van der Waals surface area contributed by atoms with Crippen LogP contribution in [0, 0.1) is 6.92 Å². The quantitative estimate of drug-likeness (QED) is 0.631. The van der Waals surface area contributed by atoms with Gasteiger partial charge in [0.05, 0.1) is 10.7 Å². The molecule has 0 fully saturated rings. The fourth-order valence-corrected chi connectivity index (χ4v) is 1.93. The first-order valence-electron chi connectivity index (χ1n) is 5.35. The number of aromatic nitrogens is 1. The third-order valence-corrected chi connectivity index (χ3v) is 3.12. The lowest BCUT2D eigenvalue weighted by Gasteiger charge is -1.99. The maximum Gasteiger partial charge on any atom is 0.137 e. The number of pyridine rings is 1. The molecule has 0 saturated heterocycles. The Morgan fingerprint density at radius 1 is 1.18 bits per heavy atom. The van der Waals surface area contributed by atoms with Gasteiger partial charge in [-0.05, 0) is 25.1 Å². The number of hydrogen-bond donors (Lipinski definition) is 0. The molecular weight excluding hydrogens is 234 g/mol. The fraction of sp³-hybridized carbons (Fsp3) is 0.0714. The Labute approximate surface area is 104 Å². The second-order valence-electron chi connectivity index (χ2n) is 3.94. The third kappa shape index (κ3) is 1.81. The molecule has 0 N–H and O–H groups in total. The molecule has 0 unspecified atom stereocenters. The molecule has 17 heavy (non-hydrogen) atoms. The van der Waals surface area contributed by atoms with Crippen molar-refractivity contribution in [3.63, 3.8) is 0 Å². The van der Waals surface area contributed by atoms with Crippen molar-refractivity contribution in [2.45, 2.75) is 6.92 Å². The maximum atomic E-state index is 6.06. The van der Waals surface area contributed by atoms with E-state index in [1.54, 1.807) is 6.20 Å². The molecule has 0 aliphatic carbocycles. The van der Waals surface area contributed by atoms with Gasteiger partial charge in [-0.1, -0.05) is 29.8 Å². The van der Waals surface area contributed by atoms with Crippen LogP contribution in [0.4, 0.5) is 0 Å². The highest BCUT2D eigenvalue weighted by Crippen LogP contribution is 2.29. The van der Waals surface area contributed by atoms with Crippen molar-refractivity contribution in [1.82, 2.24) is 4.98 Å². The van der Waals surface area contributed by atoms with Crippen LogP contribution in [0.3, 0.4) is 0 Å². The zero-order chi connectivity index (χ0) is 11.8.